The topological polar surface area (TPSA) is 69.4 Å². The van der Waals surface area contributed by atoms with Crippen LogP contribution in [0.15, 0.2) is 60.7 Å². The molecule has 0 heterocycles. The lowest BCUT2D eigenvalue weighted by molar-refractivity contribution is -0.384. The Morgan fingerprint density at radius 1 is 0.824 bits per heavy atom. The molecule has 34 heavy (non-hydrogen) atoms. The fraction of sp³-hybridized carbons (Fsp3) is 0.552. The van der Waals surface area contributed by atoms with Crippen LogP contribution in [0.5, 0.6) is 5.75 Å². The summed E-state index contributed by atoms with van der Waals surface area (Å²) < 4.78 is 5.18. The molecule has 0 aliphatic heterocycles. The van der Waals surface area contributed by atoms with Gasteiger partial charge in [0.05, 0.1) is 4.92 Å². The zero-order valence-electron chi connectivity index (χ0n) is 19.7. The molecule has 5 heteroatoms. The smallest absolute Gasteiger partial charge is 0.336 e. The summed E-state index contributed by atoms with van der Waals surface area (Å²) in [7, 11) is 0. The van der Waals surface area contributed by atoms with E-state index < -0.39 is 10.9 Å². The molecule has 0 N–H and O–H groups in total. The minimum Gasteiger partial charge on any atom is -0.423 e. The lowest BCUT2D eigenvalue weighted by Gasteiger charge is -1.99. The Kier molecular flexibility index (Phi) is 5.46. The Bertz CT molecular complexity index is 1060. The molecule has 0 bridgehead atoms. The first kappa shape index (κ1) is 21.8. The van der Waals surface area contributed by atoms with Gasteiger partial charge in [-0.3, -0.25) is 10.1 Å². The van der Waals surface area contributed by atoms with Gasteiger partial charge in [-0.25, -0.2) is 4.79 Å². The summed E-state index contributed by atoms with van der Waals surface area (Å²) in [4.78, 5) is 22.1. The molecule has 1 aromatic carbocycles. The molecule has 0 amide bonds. The SMILES string of the molecule is C[C@@H]1C[C@H]1/C=C/[C@@H]1C[C@H]1[C@@H]1C[C@H]1[C@@H]1C[C@H]1[C@@H]1C[C@H]1/C=C/C=C/C(=O)Oc1ccc([N+](=O)[O-])cc1. The van der Waals surface area contributed by atoms with Crippen molar-refractivity contribution in [1.29, 1.82) is 0 Å². The van der Waals surface area contributed by atoms with E-state index in [2.05, 4.69) is 25.2 Å². The van der Waals surface area contributed by atoms with Crippen LogP contribution in [-0.2, 0) is 4.79 Å². The van der Waals surface area contributed by atoms with Crippen molar-refractivity contribution in [1.82, 2.24) is 0 Å². The number of hydrogen-bond donors (Lipinski definition) is 0. The lowest BCUT2D eigenvalue weighted by atomic mass is 10.1. The molecule has 0 radical (unpaired) electrons. The first-order chi connectivity index (χ1) is 16.5. The second-order valence-electron chi connectivity index (χ2n) is 11.4. The van der Waals surface area contributed by atoms with Gasteiger partial charge in [-0.1, -0.05) is 37.3 Å². The van der Waals surface area contributed by atoms with Crippen LogP contribution in [0.3, 0.4) is 0 Å². The van der Waals surface area contributed by atoms with Gasteiger partial charge in [-0.15, -0.1) is 0 Å². The van der Waals surface area contributed by atoms with E-state index in [0.29, 0.717) is 11.7 Å². The van der Waals surface area contributed by atoms with Gasteiger partial charge in [-0.2, -0.15) is 0 Å². The Morgan fingerprint density at radius 3 is 1.97 bits per heavy atom. The Hall–Kier alpha value is -2.69. The van der Waals surface area contributed by atoms with E-state index in [1.807, 2.05) is 6.08 Å². The number of allylic oxidation sites excluding steroid dienone is 5. The van der Waals surface area contributed by atoms with Crippen molar-refractivity contribution < 1.29 is 14.5 Å². The third-order valence-electron chi connectivity index (χ3n) is 8.96. The first-order valence-electron chi connectivity index (χ1n) is 13.0. The third kappa shape index (κ3) is 4.89. The van der Waals surface area contributed by atoms with E-state index in [1.54, 1.807) is 6.08 Å². The molecule has 10 atom stereocenters. The van der Waals surface area contributed by atoms with Crippen molar-refractivity contribution in [2.24, 2.45) is 59.2 Å². The minimum atomic E-state index is -0.481. The molecule has 0 saturated heterocycles. The normalized spacial score (nSPS) is 41.7. The maximum absolute atomic E-state index is 11.9. The van der Waals surface area contributed by atoms with Crippen molar-refractivity contribution in [3.63, 3.8) is 0 Å². The zero-order chi connectivity index (χ0) is 23.4. The third-order valence-corrected chi connectivity index (χ3v) is 8.96. The summed E-state index contributed by atoms with van der Waals surface area (Å²) >= 11 is 0. The highest BCUT2D eigenvalue weighted by molar-refractivity contribution is 5.84. The first-order valence-corrected chi connectivity index (χ1v) is 13.0. The molecule has 5 fully saturated rings. The standard InChI is InChI=1S/C29H33NO4/c1-17-12-18(17)6-7-20-14-24(20)26-16-28(26)27-15-25(27)23-13-19(23)4-2-3-5-29(31)34-22-10-8-21(9-11-22)30(32)33/h2-11,17-20,23-28H,12-16H2,1H3/b4-2+,5-3+,7-6+/t17-,18-,19-,20-,23-,24-,25+,26+,27-,28-/m1/s1. The van der Waals surface area contributed by atoms with Crippen LogP contribution in [0.25, 0.3) is 0 Å². The number of nitrogens with zero attached hydrogens (tertiary/aromatic N) is 1. The maximum Gasteiger partial charge on any atom is 0.336 e. The van der Waals surface area contributed by atoms with Crippen LogP contribution in [0.1, 0.15) is 39.0 Å². The molecule has 0 aromatic heterocycles. The highest BCUT2D eigenvalue weighted by Gasteiger charge is 2.63. The second-order valence-corrected chi connectivity index (χ2v) is 11.4. The predicted molar refractivity (Wildman–Crippen MR) is 130 cm³/mol. The summed E-state index contributed by atoms with van der Waals surface area (Å²) in [6.45, 7) is 2.36. The number of nitro groups is 1. The predicted octanol–water partition coefficient (Wildman–Crippen LogP) is 6.37. The highest BCUT2D eigenvalue weighted by Crippen LogP contribution is 2.70. The van der Waals surface area contributed by atoms with Gasteiger partial charge >= 0.3 is 5.97 Å². The number of ether oxygens (including phenoxy) is 1. The maximum atomic E-state index is 11.9. The van der Waals surface area contributed by atoms with Gasteiger partial charge < -0.3 is 4.74 Å². The quantitative estimate of drug-likeness (QED) is 0.0775. The van der Waals surface area contributed by atoms with Crippen LogP contribution >= 0.6 is 0 Å². The summed E-state index contributed by atoms with van der Waals surface area (Å²) in [6.07, 6.45) is 19.5. The summed E-state index contributed by atoms with van der Waals surface area (Å²) in [6, 6.07) is 5.51. The van der Waals surface area contributed by atoms with Gasteiger partial charge in [0.2, 0.25) is 0 Å². The monoisotopic (exact) mass is 459 g/mol. The van der Waals surface area contributed by atoms with Crippen LogP contribution in [0.2, 0.25) is 0 Å². The van der Waals surface area contributed by atoms with Gasteiger partial charge in [0.25, 0.3) is 5.69 Å². The number of carbonyl (C=O) groups excluding carboxylic acids is 1. The van der Waals surface area contributed by atoms with Crippen molar-refractivity contribution in [2.75, 3.05) is 0 Å². The van der Waals surface area contributed by atoms with E-state index >= 15 is 0 Å². The molecule has 6 rings (SSSR count). The van der Waals surface area contributed by atoms with Crippen molar-refractivity contribution in [3.8, 4) is 5.75 Å². The van der Waals surface area contributed by atoms with E-state index in [1.165, 1.54) is 62.4 Å². The minimum absolute atomic E-state index is 0.0279. The highest BCUT2D eigenvalue weighted by atomic mass is 16.6. The van der Waals surface area contributed by atoms with E-state index in [-0.39, 0.29) is 5.69 Å². The Balaban J connectivity index is 0.886. The molecular formula is C29H33NO4. The van der Waals surface area contributed by atoms with Gasteiger partial charge in [0.15, 0.2) is 0 Å². The van der Waals surface area contributed by atoms with Crippen LogP contribution in [-0.4, -0.2) is 10.9 Å². The molecule has 5 nitrogen and oxygen atoms in total. The summed E-state index contributed by atoms with van der Waals surface area (Å²) in [5, 5.41) is 10.7. The molecule has 0 spiro atoms. The van der Waals surface area contributed by atoms with Gasteiger partial charge in [-0.05, 0) is 103 Å². The van der Waals surface area contributed by atoms with E-state index in [4.69, 9.17) is 4.74 Å². The van der Waals surface area contributed by atoms with Crippen LogP contribution < -0.4 is 4.74 Å². The molecule has 178 valence electrons. The number of carbonyl (C=O) groups is 1. The lowest BCUT2D eigenvalue weighted by Crippen LogP contribution is -2.03. The average molecular weight is 460 g/mol. The molecule has 1 aromatic rings. The Labute approximate surface area is 201 Å². The fourth-order valence-corrected chi connectivity index (χ4v) is 6.37. The van der Waals surface area contributed by atoms with Crippen LogP contribution in [0, 0.1) is 69.3 Å². The average Bonchev–Trinajstić information content (AvgIpc) is 3.61. The van der Waals surface area contributed by atoms with Crippen molar-refractivity contribution in [2.45, 2.75) is 39.0 Å². The number of hydrogen-bond acceptors (Lipinski definition) is 4. The molecule has 5 aliphatic rings. The van der Waals surface area contributed by atoms with E-state index in [9.17, 15) is 14.9 Å². The molecular weight excluding hydrogens is 426 g/mol. The molecule has 5 aliphatic carbocycles. The number of nitro benzene ring substituents is 1. The van der Waals surface area contributed by atoms with Crippen LogP contribution in [0.4, 0.5) is 5.69 Å². The fourth-order valence-electron chi connectivity index (χ4n) is 6.37. The number of rotatable bonds is 10. The largest absolute Gasteiger partial charge is 0.423 e. The number of esters is 1. The van der Waals surface area contributed by atoms with Crippen molar-refractivity contribution >= 4 is 11.7 Å². The van der Waals surface area contributed by atoms with Gasteiger partial charge in [0.1, 0.15) is 5.75 Å². The Morgan fingerprint density at radius 2 is 1.38 bits per heavy atom. The number of benzene rings is 1. The molecule has 5 saturated carbocycles. The summed E-state index contributed by atoms with van der Waals surface area (Å²) in [5.41, 5.74) is -0.0279. The summed E-state index contributed by atoms with van der Waals surface area (Å²) in [5.74, 6) is 9.05. The zero-order valence-corrected chi connectivity index (χ0v) is 19.7. The second kappa shape index (κ2) is 8.51. The van der Waals surface area contributed by atoms with Gasteiger partial charge in [0, 0.05) is 18.2 Å². The van der Waals surface area contributed by atoms with Crippen molar-refractivity contribution in [3.05, 3.63) is 70.8 Å². The number of non-ortho nitro benzene ring substituents is 1. The molecule has 0 unspecified atom stereocenters. The van der Waals surface area contributed by atoms with E-state index in [0.717, 1.165) is 53.3 Å².